The Hall–Kier alpha value is -3.22. The molecule has 0 saturated heterocycles. The molecule has 1 N–H and O–H groups in total. The van der Waals surface area contributed by atoms with Gasteiger partial charge in [-0.2, -0.15) is 0 Å². The number of para-hydroxylation sites is 1. The number of aromatic hydroxyl groups is 1. The van der Waals surface area contributed by atoms with Crippen LogP contribution in [0.1, 0.15) is 6.92 Å². The number of hydrogen-bond donors (Lipinski definition) is 1. The zero-order chi connectivity index (χ0) is 18.3. The van der Waals surface area contributed by atoms with Gasteiger partial charge in [0.2, 0.25) is 11.2 Å². The van der Waals surface area contributed by atoms with Crippen LogP contribution in [0.5, 0.6) is 23.0 Å². The first kappa shape index (κ1) is 16.6. The van der Waals surface area contributed by atoms with Gasteiger partial charge < -0.3 is 23.9 Å². The van der Waals surface area contributed by atoms with Crippen molar-refractivity contribution < 1.29 is 24.1 Å². The van der Waals surface area contributed by atoms with E-state index >= 15 is 0 Å². The average molecular weight is 343 g/mol. The van der Waals surface area contributed by atoms with E-state index in [4.69, 9.17) is 14.2 Å². The van der Waals surface area contributed by atoms with E-state index in [9.17, 15) is 14.7 Å². The van der Waals surface area contributed by atoms with Crippen LogP contribution in [-0.4, -0.2) is 29.9 Å². The van der Waals surface area contributed by atoms with Crippen molar-refractivity contribution in [3.8, 4) is 23.0 Å². The highest BCUT2D eigenvalue weighted by Gasteiger charge is 2.21. The van der Waals surface area contributed by atoms with Crippen LogP contribution >= 0.6 is 0 Å². The fraction of sp³-hybridized carbons (Fsp3) is 0.222. The van der Waals surface area contributed by atoms with Crippen molar-refractivity contribution in [3.05, 3.63) is 34.5 Å². The van der Waals surface area contributed by atoms with Crippen LogP contribution in [-0.2, 0) is 11.8 Å². The predicted octanol–water partition coefficient (Wildman–Crippen LogP) is 2.34. The maximum atomic E-state index is 13.0. The maximum Gasteiger partial charge on any atom is 0.308 e. The number of rotatable bonds is 3. The molecular formula is C18H17NO6. The number of aryl methyl sites for hydroxylation is 1. The number of pyridine rings is 1. The van der Waals surface area contributed by atoms with Crippen LogP contribution in [0, 0.1) is 0 Å². The van der Waals surface area contributed by atoms with Gasteiger partial charge in [0.1, 0.15) is 0 Å². The van der Waals surface area contributed by atoms with Gasteiger partial charge in [-0.25, -0.2) is 0 Å². The minimum absolute atomic E-state index is 0.0857. The zero-order valence-corrected chi connectivity index (χ0v) is 14.2. The Morgan fingerprint density at radius 1 is 1.16 bits per heavy atom. The highest BCUT2D eigenvalue weighted by molar-refractivity contribution is 6.01. The highest BCUT2D eigenvalue weighted by atomic mass is 16.5. The van der Waals surface area contributed by atoms with E-state index in [0.29, 0.717) is 16.4 Å². The van der Waals surface area contributed by atoms with E-state index in [0.717, 1.165) is 0 Å². The minimum atomic E-state index is -0.491. The number of nitrogens with zero attached hydrogens (tertiary/aromatic N) is 1. The van der Waals surface area contributed by atoms with E-state index in [-0.39, 0.29) is 28.4 Å². The number of benzene rings is 2. The molecule has 1 heterocycles. The van der Waals surface area contributed by atoms with Crippen LogP contribution in [0.4, 0.5) is 0 Å². The first-order valence-corrected chi connectivity index (χ1v) is 7.48. The van der Waals surface area contributed by atoms with Gasteiger partial charge in [-0.3, -0.25) is 9.59 Å². The van der Waals surface area contributed by atoms with Crippen molar-refractivity contribution in [1.82, 2.24) is 4.57 Å². The zero-order valence-electron chi connectivity index (χ0n) is 14.2. The molecule has 0 radical (unpaired) electrons. The molecule has 0 aliphatic heterocycles. The molecule has 1 aromatic heterocycles. The largest absolute Gasteiger partial charge is 0.504 e. The summed E-state index contributed by atoms with van der Waals surface area (Å²) in [5.41, 5.74) is 0.477. The molecule has 3 rings (SSSR count). The molecule has 7 heteroatoms. The lowest BCUT2D eigenvalue weighted by Gasteiger charge is -2.17. The van der Waals surface area contributed by atoms with Crippen molar-refractivity contribution in [3.63, 3.8) is 0 Å². The molecular weight excluding hydrogens is 326 g/mol. The Labute approximate surface area is 143 Å². The molecule has 7 nitrogen and oxygen atoms in total. The fourth-order valence-electron chi connectivity index (χ4n) is 2.99. The number of esters is 1. The number of ether oxygens (including phenoxy) is 3. The molecule has 0 aliphatic rings. The lowest BCUT2D eigenvalue weighted by molar-refractivity contribution is -0.131. The van der Waals surface area contributed by atoms with Crippen LogP contribution in [0.2, 0.25) is 0 Å². The van der Waals surface area contributed by atoms with Gasteiger partial charge in [0.25, 0.3) is 0 Å². The van der Waals surface area contributed by atoms with Gasteiger partial charge in [-0.15, -0.1) is 0 Å². The van der Waals surface area contributed by atoms with Crippen LogP contribution in [0.25, 0.3) is 21.8 Å². The first-order valence-electron chi connectivity index (χ1n) is 7.48. The van der Waals surface area contributed by atoms with Crippen molar-refractivity contribution in [2.45, 2.75) is 6.92 Å². The third-order valence-electron chi connectivity index (χ3n) is 4.04. The third-order valence-corrected chi connectivity index (χ3v) is 4.04. The second-order valence-electron chi connectivity index (χ2n) is 5.49. The normalized spacial score (nSPS) is 10.9. The number of carbonyl (C=O) groups excluding carboxylic acids is 1. The number of methoxy groups -OCH3 is 2. The van der Waals surface area contributed by atoms with E-state index in [2.05, 4.69) is 0 Å². The van der Waals surface area contributed by atoms with Crippen molar-refractivity contribution in [1.29, 1.82) is 0 Å². The van der Waals surface area contributed by atoms with Gasteiger partial charge in [-0.05, 0) is 12.1 Å². The molecule has 130 valence electrons. The Morgan fingerprint density at radius 3 is 2.48 bits per heavy atom. The lowest BCUT2D eigenvalue weighted by atomic mass is 10.1. The summed E-state index contributed by atoms with van der Waals surface area (Å²) in [6, 6.07) is 6.43. The summed E-state index contributed by atoms with van der Waals surface area (Å²) >= 11 is 0. The topological polar surface area (TPSA) is 87.0 Å². The molecule has 25 heavy (non-hydrogen) atoms. The van der Waals surface area contributed by atoms with Gasteiger partial charge >= 0.3 is 5.97 Å². The highest BCUT2D eigenvalue weighted by Crippen LogP contribution is 2.42. The van der Waals surface area contributed by atoms with Crippen LogP contribution in [0.15, 0.2) is 29.1 Å². The van der Waals surface area contributed by atoms with E-state index in [1.807, 2.05) is 0 Å². The summed E-state index contributed by atoms with van der Waals surface area (Å²) < 4.78 is 17.3. The van der Waals surface area contributed by atoms with Gasteiger partial charge in [0.15, 0.2) is 17.2 Å². The van der Waals surface area contributed by atoms with E-state index < -0.39 is 11.4 Å². The van der Waals surface area contributed by atoms with Crippen molar-refractivity contribution in [2.24, 2.45) is 7.05 Å². The number of carbonyl (C=O) groups is 1. The number of aromatic nitrogens is 1. The molecule has 0 unspecified atom stereocenters. The number of fused-ring (bicyclic) bond motifs is 2. The maximum absolute atomic E-state index is 13.0. The number of phenols is 1. The van der Waals surface area contributed by atoms with Gasteiger partial charge in [-0.1, -0.05) is 6.07 Å². The monoisotopic (exact) mass is 343 g/mol. The smallest absolute Gasteiger partial charge is 0.308 e. The molecule has 0 aliphatic carbocycles. The van der Waals surface area contributed by atoms with Crippen molar-refractivity contribution >= 4 is 27.8 Å². The molecule has 2 aromatic carbocycles. The molecule has 3 aromatic rings. The van der Waals surface area contributed by atoms with E-state index in [1.54, 1.807) is 35.9 Å². The lowest BCUT2D eigenvalue weighted by Crippen LogP contribution is -2.12. The Bertz CT molecular complexity index is 1070. The summed E-state index contributed by atoms with van der Waals surface area (Å²) in [6.07, 6.45) is 0. The molecule has 0 bridgehead atoms. The van der Waals surface area contributed by atoms with Crippen LogP contribution < -0.4 is 19.6 Å². The van der Waals surface area contributed by atoms with Crippen LogP contribution in [0.3, 0.4) is 0 Å². The Balaban J connectivity index is 2.56. The standard InChI is InChI=1S/C18H17NO6/c1-9(20)25-12-7-5-6-10-15(12)19(2)11-8-13(23-3)18(24-4)17(22)14(11)16(10)21/h5-8,22H,1-4H3. The summed E-state index contributed by atoms with van der Waals surface area (Å²) in [5.74, 6) is -0.150. The molecule has 0 atom stereocenters. The number of phenolic OH excluding ortho intramolecular Hbond substituents is 1. The summed E-state index contributed by atoms with van der Waals surface area (Å²) in [4.78, 5) is 24.3. The molecule has 0 fully saturated rings. The predicted molar refractivity (Wildman–Crippen MR) is 92.8 cm³/mol. The summed E-state index contributed by atoms with van der Waals surface area (Å²) in [6.45, 7) is 1.29. The van der Waals surface area contributed by atoms with Gasteiger partial charge in [0, 0.05) is 20.0 Å². The Morgan fingerprint density at radius 2 is 1.88 bits per heavy atom. The average Bonchev–Trinajstić information content (AvgIpc) is 2.58. The fourth-order valence-corrected chi connectivity index (χ4v) is 2.99. The van der Waals surface area contributed by atoms with Gasteiger partial charge in [0.05, 0.1) is 36.0 Å². The molecule has 0 saturated carbocycles. The SMILES string of the molecule is COc1cc2c(c(O)c1OC)c(=O)c1cccc(OC(C)=O)c1n2C. The third kappa shape index (κ3) is 2.44. The second kappa shape index (κ2) is 6.01. The molecule has 0 spiro atoms. The minimum Gasteiger partial charge on any atom is -0.504 e. The molecule has 0 amide bonds. The van der Waals surface area contributed by atoms with Crippen molar-refractivity contribution in [2.75, 3.05) is 14.2 Å². The number of hydrogen-bond acceptors (Lipinski definition) is 6. The first-order chi connectivity index (χ1) is 11.9. The quantitative estimate of drug-likeness (QED) is 0.446. The summed E-state index contributed by atoms with van der Waals surface area (Å²) in [5, 5.41) is 11.0. The van der Waals surface area contributed by atoms with E-state index in [1.165, 1.54) is 21.1 Å². The Kier molecular flexibility index (Phi) is 4.00. The summed E-state index contributed by atoms with van der Waals surface area (Å²) in [7, 11) is 4.53. The second-order valence-corrected chi connectivity index (χ2v) is 5.49.